The van der Waals surface area contributed by atoms with Crippen LogP contribution < -0.4 is 15.1 Å². The van der Waals surface area contributed by atoms with Crippen molar-refractivity contribution < 1.29 is 9.53 Å². The quantitative estimate of drug-likeness (QED) is 0.616. The molecule has 1 fully saturated rings. The molecule has 0 aliphatic carbocycles. The number of rotatable bonds is 4. The number of pyridine rings is 1. The summed E-state index contributed by atoms with van der Waals surface area (Å²) in [4.78, 5) is 21.8. The lowest BCUT2D eigenvalue weighted by Crippen LogP contribution is -2.56. The molecule has 7 heteroatoms. The molecule has 2 aromatic carbocycles. The fourth-order valence-corrected chi connectivity index (χ4v) is 4.78. The first-order chi connectivity index (χ1) is 16.5. The topological polar surface area (TPSA) is 81.5 Å². The van der Waals surface area contributed by atoms with Gasteiger partial charge in [-0.25, -0.2) is 4.98 Å². The number of nitrogens with one attached hydrogen (secondary N) is 1. The van der Waals surface area contributed by atoms with Crippen LogP contribution in [0.15, 0.2) is 60.7 Å². The van der Waals surface area contributed by atoms with Crippen molar-refractivity contribution in [3.63, 3.8) is 0 Å². The van der Waals surface area contributed by atoms with Crippen molar-refractivity contribution in [2.75, 3.05) is 35.4 Å². The molecule has 2 aliphatic heterocycles. The average Bonchev–Trinajstić information content (AvgIpc) is 2.88. The predicted octanol–water partition coefficient (Wildman–Crippen LogP) is 4.71. The van der Waals surface area contributed by atoms with Gasteiger partial charge in [-0.3, -0.25) is 4.79 Å². The van der Waals surface area contributed by atoms with Crippen molar-refractivity contribution >= 4 is 28.9 Å². The molecule has 34 heavy (non-hydrogen) atoms. The molecule has 172 valence electrons. The van der Waals surface area contributed by atoms with Crippen molar-refractivity contribution in [2.45, 2.75) is 31.8 Å². The Balaban J connectivity index is 1.45. The number of amides is 1. The van der Waals surface area contributed by atoms with Crippen LogP contribution in [0.3, 0.4) is 0 Å². The van der Waals surface area contributed by atoms with Crippen LogP contribution in [0, 0.1) is 11.3 Å². The summed E-state index contributed by atoms with van der Waals surface area (Å²) >= 11 is 0. The minimum Gasteiger partial charge on any atom is -0.381 e. The number of aromatic nitrogens is 1. The highest BCUT2D eigenvalue weighted by Crippen LogP contribution is 2.38. The van der Waals surface area contributed by atoms with E-state index < -0.39 is 0 Å². The normalized spacial score (nSPS) is 18.4. The molecule has 0 spiro atoms. The fourth-order valence-electron chi connectivity index (χ4n) is 4.78. The lowest BCUT2D eigenvalue weighted by Gasteiger charge is -2.44. The lowest BCUT2D eigenvalue weighted by atomic mass is 10.0. The van der Waals surface area contributed by atoms with Gasteiger partial charge in [-0.15, -0.1) is 0 Å². The molecule has 1 N–H and O–H groups in total. The predicted molar refractivity (Wildman–Crippen MR) is 133 cm³/mol. The Kier molecular flexibility index (Phi) is 5.91. The monoisotopic (exact) mass is 453 g/mol. The second kappa shape index (κ2) is 9.16. The Labute approximate surface area is 199 Å². The summed E-state index contributed by atoms with van der Waals surface area (Å²) in [5.41, 5.74) is 4.48. The van der Waals surface area contributed by atoms with Crippen LogP contribution in [0.25, 0.3) is 11.1 Å². The van der Waals surface area contributed by atoms with Crippen molar-refractivity contribution in [3.05, 3.63) is 66.2 Å². The van der Waals surface area contributed by atoms with Gasteiger partial charge in [-0.2, -0.15) is 5.26 Å². The third-order valence-electron chi connectivity index (χ3n) is 6.63. The summed E-state index contributed by atoms with van der Waals surface area (Å²) in [6.07, 6.45) is 1.76. The first kappa shape index (κ1) is 21.9. The van der Waals surface area contributed by atoms with Gasteiger partial charge in [-0.05, 0) is 67.3 Å². The van der Waals surface area contributed by atoms with Gasteiger partial charge in [0.05, 0.1) is 17.3 Å². The van der Waals surface area contributed by atoms with E-state index in [1.165, 1.54) is 0 Å². The van der Waals surface area contributed by atoms with Gasteiger partial charge < -0.3 is 19.9 Å². The molecular formula is C27H27N5O2. The maximum absolute atomic E-state index is 12.9. The van der Waals surface area contributed by atoms with E-state index in [1.54, 1.807) is 4.90 Å². The zero-order chi connectivity index (χ0) is 23.7. The molecule has 0 bridgehead atoms. The second-order valence-corrected chi connectivity index (χ2v) is 8.76. The molecule has 5 rings (SSSR count). The van der Waals surface area contributed by atoms with Crippen LogP contribution in [-0.4, -0.2) is 43.2 Å². The summed E-state index contributed by atoms with van der Waals surface area (Å²) in [5.74, 6) is 1.63. The van der Waals surface area contributed by atoms with E-state index in [4.69, 9.17) is 15.0 Å². The molecule has 0 radical (unpaired) electrons. The zero-order valence-electron chi connectivity index (χ0n) is 19.4. The Morgan fingerprint density at radius 1 is 1.06 bits per heavy atom. The van der Waals surface area contributed by atoms with Gasteiger partial charge in [0.2, 0.25) is 5.91 Å². The number of benzene rings is 2. The van der Waals surface area contributed by atoms with Crippen molar-refractivity contribution in [1.29, 1.82) is 5.26 Å². The van der Waals surface area contributed by atoms with Gasteiger partial charge in [0, 0.05) is 32.0 Å². The molecule has 1 aromatic heterocycles. The third kappa shape index (κ3) is 4.09. The number of likely N-dealkylation sites (N-methyl/N-ethyl adjacent to an activating group) is 1. The van der Waals surface area contributed by atoms with Gasteiger partial charge in [0.1, 0.15) is 11.9 Å². The minimum atomic E-state index is -0.275. The van der Waals surface area contributed by atoms with E-state index in [0.29, 0.717) is 18.8 Å². The minimum absolute atomic E-state index is 0.0802. The zero-order valence-corrected chi connectivity index (χ0v) is 19.4. The molecule has 0 saturated carbocycles. The van der Waals surface area contributed by atoms with E-state index in [0.717, 1.165) is 47.0 Å². The second-order valence-electron chi connectivity index (χ2n) is 8.76. The molecule has 2 aliphatic rings. The van der Waals surface area contributed by atoms with Crippen LogP contribution in [0.5, 0.6) is 0 Å². The number of hydrogen-bond acceptors (Lipinski definition) is 6. The number of carbonyl (C=O) groups excluding carboxylic acids is 1. The van der Waals surface area contributed by atoms with Crippen LogP contribution in [0.4, 0.5) is 23.0 Å². The van der Waals surface area contributed by atoms with Crippen LogP contribution in [-0.2, 0) is 9.53 Å². The van der Waals surface area contributed by atoms with Gasteiger partial charge >= 0.3 is 0 Å². The summed E-state index contributed by atoms with van der Waals surface area (Å²) in [6.45, 7) is 3.36. The summed E-state index contributed by atoms with van der Waals surface area (Å²) in [6, 6.07) is 21.6. The van der Waals surface area contributed by atoms with E-state index in [2.05, 4.69) is 22.4 Å². The molecule has 1 atom stereocenters. The number of ether oxygens (including phenoxy) is 1. The van der Waals surface area contributed by atoms with Crippen molar-refractivity contribution in [3.8, 4) is 17.2 Å². The van der Waals surface area contributed by atoms with Crippen molar-refractivity contribution in [1.82, 2.24) is 4.98 Å². The van der Waals surface area contributed by atoms with Crippen LogP contribution in [0.2, 0.25) is 0 Å². The molecule has 0 unspecified atom stereocenters. The van der Waals surface area contributed by atoms with E-state index >= 15 is 0 Å². The largest absolute Gasteiger partial charge is 0.381 e. The number of carbonyl (C=O) groups is 1. The number of anilines is 4. The highest BCUT2D eigenvalue weighted by molar-refractivity contribution is 6.04. The maximum Gasteiger partial charge on any atom is 0.249 e. The number of nitriles is 1. The molecule has 3 heterocycles. The molecule has 1 amide bonds. The van der Waals surface area contributed by atoms with E-state index in [1.807, 2.05) is 68.6 Å². The van der Waals surface area contributed by atoms with Crippen LogP contribution >= 0.6 is 0 Å². The number of hydrogen-bond donors (Lipinski definition) is 1. The van der Waals surface area contributed by atoms with Crippen molar-refractivity contribution in [2.24, 2.45) is 0 Å². The van der Waals surface area contributed by atoms with Gasteiger partial charge in [0.15, 0.2) is 5.82 Å². The third-order valence-corrected chi connectivity index (χ3v) is 6.63. The summed E-state index contributed by atoms with van der Waals surface area (Å²) in [7, 11) is 1.81. The molecule has 3 aromatic rings. The first-order valence-corrected chi connectivity index (χ1v) is 11.6. The van der Waals surface area contributed by atoms with E-state index in [9.17, 15) is 4.79 Å². The SMILES string of the molecule is C[C@@H]1C(=O)N(C)c2ccc(Nc3cccc(-c4ccc(C#N)cc4)c3)nc2N1C1CCOCC1. The highest BCUT2D eigenvalue weighted by atomic mass is 16.5. The Morgan fingerprint density at radius 3 is 2.56 bits per heavy atom. The molecule has 7 nitrogen and oxygen atoms in total. The highest BCUT2D eigenvalue weighted by Gasteiger charge is 2.39. The Morgan fingerprint density at radius 2 is 1.82 bits per heavy atom. The smallest absolute Gasteiger partial charge is 0.249 e. The summed E-state index contributed by atoms with van der Waals surface area (Å²) in [5, 5.41) is 12.5. The van der Waals surface area contributed by atoms with E-state index in [-0.39, 0.29) is 18.0 Å². The Bertz CT molecular complexity index is 1240. The fraction of sp³-hybridized carbons (Fsp3) is 0.296. The summed E-state index contributed by atoms with van der Waals surface area (Å²) < 4.78 is 5.55. The first-order valence-electron chi connectivity index (χ1n) is 11.6. The molecular weight excluding hydrogens is 426 g/mol. The lowest BCUT2D eigenvalue weighted by molar-refractivity contribution is -0.119. The average molecular weight is 454 g/mol. The maximum atomic E-state index is 12.9. The number of fused-ring (bicyclic) bond motifs is 1. The van der Waals surface area contributed by atoms with Gasteiger partial charge in [-0.1, -0.05) is 24.3 Å². The molecule has 1 saturated heterocycles. The van der Waals surface area contributed by atoms with Crippen LogP contribution in [0.1, 0.15) is 25.3 Å². The standard InChI is InChI=1S/C27H27N5O2/c1-18-27(33)31(2)24-10-11-25(30-26(24)32(18)23-12-14-34-15-13-23)29-22-5-3-4-21(16-22)20-8-6-19(17-28)7-9-20/h3-11,16,18,23H,12-15H2,1-2H3,(H,29,30)/t18-/m1/s1. The number of nitrogens with zero attached hydrogens (tertiary/aromatic N) is 4. The van der Waals surface area contributed by atoms with Gasteiger partial charge in [0.25, 0.3) is 0 Å². The Hall–Kier alpha value is -3.89.